The number of nitrogens with one attached hydrogen (secondary N) is 1. The molecule has 0 spiro atoms. The molecule has 2 amide bonds. The van der Waals surface area contributed by atoms with Gasteiger partial charge in [0.25, 0.3) is 5.91 Å². The van der Waals surface area contributed by atoms with Gasteiger partial charge in [0, 0.05) is 31.5 Å². The standard InChI is InChI=1S/C20H27N3O3/c1-14(2)21-18(24)16-9-11-23(12-10-16)19(25)20(3)13-17(22-26-20)15-7-5-4-6-8-15/h4-8,14,16H,9-13H2,1-3H3,(H,21,24)/t20-/m0/s1. The first-order valence-corrected chi connectivity index (χ1v) is 9.29. The van der Waals surface area contributed by atoms with Crippen molar-refractivity contribution in [1.29, 1.82) is 0 Å². The van der Waals surface area contributed by atoms with E-state index in [1.54, 1.807) is 6.92 Å². The maximum Gasteiger partial charge on any atom is 0.269 e. The van der Waals surface area contributed by atoms with Crippen LogP contribution in [0.25, 0.3) is 0 Å². The van der Waals surface area contributed by atoms with E-state index in [9.17, 15) is 9.59 Å². The highest BCUT2D eigenvalue weighted by Gasteiger charge is 2.45. The third kappa shape index (κ3) is 3.89. The van der Waals surface area contributed by atoms with Crippen LogP contribution in [0.2, 0.25) is 0 Å². The molecule has 2 aliphatic heterocycles. The van der Waals surface area contributed by atoms with Gasteiger partial charge in [0.15, 0.2) is 0 Å². The number of carbonyl (C=O) groups excluding carboxylic acids is 2. The van der Waals surface area contributed by atoms with Crippen molar-refractivity contribution in [2.24, 2.45) is 11.1 Å². The summed E-state index contributed by atoms with van der Waals surface area (Å²) >= 11 is 0. The molecular formula is C20H27N3O3. The molecule has 0 bridgehead atoms. The van der Waals surface area contributed by atoms with Crippen LogP contribution in [0.3, 0.4) is 0 Å². The Hall–Kier alpha value is -2.37. The molecule has 0 aliphatic carbocycles. The van der Waals surface area contributed by atoms with E-state index in [0.29, 0.717) is 32.4 Å². The second-order valence-electron chi connectivity index (χ2n) is 7.63. The van der Waals surface area contributed by atoms with Gasteiger partial charge in [0.1, 0.15) is 0 Å². The summed E-state index contributed by atoms with van der Waals surface area (Å²) in [5.41, 5.74) is 0.818. The first kappa shape index (κ1) is 18.4. The number of amides is 2. The average Bonchev–Trinajstić information content (AvgIpc) is 3.05. The van der Waals surface area contributed by atoms with Gasteiger partial charge in [-0.2, -0.15) is 0 Å². The largest absolute Gasteiger partial charge is 0.379 e. The molecule has 1 N–H and O–H groups in total. The van der Waals surface area contributed by atoms with Gasteiger partial charge in [-0.1, -0.05) is 35.5 Å². The summed E-state index contributed by atoms with van der Waals surface area (Å²) in [4.78, 5) is 32.5. The SMILES string of the molecule is CC(C)NC(=O)C1CCN(C(=O)[C@]2(C)CC(c3ccccc3)=NO2)CC1. The van der Waals surface area contributed by atoms with E-state index in [1.165, 1.54) is 0 Å². The molecule has 0 unspecified atom stereocenters. The Bertz CT molecular complexity index is 694. The molecule has 2 aliphatic rings. The Morgan fingerprint density at radius 2 is 1.88 bits per heavy atom. The fourth-order valence-electron chi connectivity index (χ4n) is 3.52. The van der Waals surface area contributed by atoms with Crippen molar-refractivity contribution >= 4 is 17.5 Å². The van der Waals surface area contributed by atoms with Crippen LogP contribution in [0.1, 0.15) is 45.6 Å². The lowest BCUT2D eigenvalue weighted by Crippen LogP contribution is -2.51. The van der Waals surface area contributed by atoms with Crippen LogP contribution in [-0.2, 0) is 14.4 Å². The van der Waals surface area contributed by atoms with Crippen molar-refractivity contribution in [2.75, 3.05) is 13.1 Å². The minimum atomic E-state index is -0.960. The number of rotatable bonds is 4. The number of oxime groups is 1. The fourth-order valence-corrected chi connectivity index (χ4v) is 3.52. The molecule has 1 saturated heterocycles. The van der Waals surface area contributed by atoms with E-state index < -0.39 is 5.60 Å². The molecule has 1 atom stereocenters. The van der Waals surface area contributed by atoms with Gasteiger partial charge in [-0.3, -0.25) is 9.59 Å². The van der Waals surface area contributed by atoms with E-state index in [0.717, 1.165) is 11.3 Å². The van der Waals surface area contributed by atoms with E-state index in [-0.39, 0.29) is 23.8 Å². The van der Waals surface area contributed by atoms with Gasteiger partial charge < -0.3 is 15.1 Å². The highest BCUT2D eigenvalue weighted by atomic mass is 16.7. The lowest BCUT2D eigenvalue weighted by atomic mass is 9.91. The van der Waals surface area contributed by atoms with E-state index >= 15 is 0 Å². The minimum Gasteiger partial charge on any atom is -0.379 e. The number of carbonyl (C=O) groups is 2. The highest BCUT2D eigenvalue weighted by molar-refractivity contribution is 6.05. The quantitative estimate of drug-likeness (QED) is 0.899. The number of likely N-dealkylation sites (tertiary alicyclic amines) is 1. The molecule has 140 valence electrons. The second-order valence-corrected chi connectivity index (χ2v) is 7.63. The molecule has 0 aromatic heterocycles. The molecule has 6 heteroatoms. The number of piperidine rings is 1. The summed E-state index contributed by atoms with van der Waals surface area (Å²) in [7, 11) is 0. The summed E-state index contributed by atoms with van der Waals surface area (Å²) < 4.78 is 0. The molecule has 2 heterocycles. The van der Waals surface area contributed by atoms with E-state index in [4.69, 9.17) is 4.84 Å². The lowest BCUT2D eigenvalue weighted by molar-refractivity contribution is -0.155. The Kier molecular flexibility index (Phi) is 5.30. The molecule has 1 aromatic carbocycles. The molecule has 1 fully saturated rings. The van der Waals surface area contributed by atoms with Crippen LogP contribution in [0.15, 0.2) is 35.5 Å². The number of hydrogen-bond acceptors (Lipinski definition) is 4. The first-order chi connectivity index (χ1) is 12.4. The number of benzene rings is 1. The van der Waals surface area contributed by atoms with Crippen molar-refractivity contribution < 1.29 is 14.4 Å². The van der Waals surface area contributed by atoms with Gasteiger partial charge >= 0.3 is 0 Å². The molecule has 3 rings (SSSR count). The summed E-state index contributed by atoms with van der Waals surface area (Å²) in [6.45, 7) is 6.87. The maximum absolute atomic E-state index is 13.0. The zero-order valence-corrected chi connectivity index (χ0v) is 15.7. The van der Waals surface area contributed by atoms with E-state index in [2.05, 4.69) is 10.5 Å². The highest BCUT2D eigenvalue weighted by Crippen LogP contribution is 2.30. The fraction of sp³-hybridized carbons (Fsp3) is 0.550. The van der Waals surface area contributed by atoms with Crippen LogP contribution in [0, 0.1) is 5.92 Å². The molecule has 0 radical (unpaired) electrons. The Labute approximate surface area is 154 Å². The van der Waals surface area contributed by atoms with Crippen molar-refractivity contribution in [1.82, 2.24) is 10.2 Å². The van der Waals surface area contributed by atoms with E-state index in [1.807, 2.05) is 49.1 Å². The number of nitrogens with zero attached hydrogens (tertiary/aromatic N) is 2. The third-order valence-corrected chi connectivity index (χ3v) is 5.01. The Morgan fingerprint density at radius 3 is 2.50 bits per heavy atom. The minimum absolute atomic E-state index is 0.0186. The maximum atomic E-state index is 13.0. The van der Waals surface area contributed by atoms with Gasteiger partial charge in [-0.25, -0.2) is 0 Å². The number of hydrogen-bond donors (Lipinski definition) is 1. The Balaban J connectivity index is 1.57. The topological polar surface area (TPSA) is 71.0 Å². The average molecular weight is 357 g/mol. The molecule has 6 nitrogen and oxygen atoms in total. The van der Waals surface area contributed by atoms with Gasteiger partial charge in [-0.05, 0) is 39.2 Å². The van der Waals surface area contributed by atoms with Crippen molar-refractivity contribution in [2.45, 2.75) is 51.7 Å². The van der Waals surface area contributed by atoms with Gasteiger partial charge in [-0.15, -0.1) is 0 Å². The monoisotopic (exact) mass is 357 g/mol. The third-order valence-electron chi connectivity index (χ3n) is 5.01. The van der Waals surface area contributed by atoms with Crippen LogP contribution in [0.4, 0.5) is 0 Å². The molecule has 26 heavy (non-hydrogen) atoms. The molecule has 0 saturated carbocycles. The second kappa shape index (κ2) is 7.48. The van der Waals surface area contributed by atoms with Gasteiger partial charge in [0.2, 0.25) is 11.5 Å². The smallest absolute Gasteiger partial charge is 0.269 e. The van der Waals surface area contributed by atoms with Crippen LogP contribution in [-0.4, -0.2) is 47.2 Å². The zero-order valence-electron chi connectivity index (χ0n) is 15.7. The van der Waals surface area contributed by atoms with Crippen LogP contribution in [0.5, 0.6) is 0 Å². The first-order valence-electron chi connectivity index (χ1n) is 9.29. The zero-order chi connectivity index (χ0) is 18.7. The summed E-state index contributed by atoms with van der Waals surface area (Å²) in [5.74, 6) is 0.0231. The summed E-state index contributed by atoms with van der Waals surface area (Å²) in [6.07, 6.45) is 1.84. The molecule has 1 aromatic rings. The normalized spacial score (nSPS) is 23.5. The lowest BCUT2D eigenvalue weighted by Gasteiger charge is -2.35. The Morgan fingerprint density at radius 1 is 1.23 bits per heavy atom. The summed E-state index contributed by atoms with van der Waals surface area (Å²) in [5, 5.41) is 7.11. The predicted octanol–water partition coefficient (Wildman–Crippen LogP) is 2.33. The van der Waals surface area contributed by atoms with Crippen molar-refractivity contribution in [3.8, 4) is 0 Å². The van der Waals surface area contributed by atoms with Crippen molar-refractivity contribution in [3.05, 3.63) is 35.9 Å². The predicted molar refractivity (Wildman–Crippen MR) is 99.7 cm³/mol. The van der Waals surface area contributed by atoms with Crippen LogP contribution >= 0.6 is 0 Å². The molecular weight excluding hydrogens is 330 g/mol. The van der Waals surface area contributed by atoms with Crippen LogP contribution < -0.4 is 5.32 Å². The summed E-state index contributed by atoms with van der Waals surface area (Å²) in [6, 6.07) is 9.92. The van der Waals surface area contributed by atoms with Crippen molar-refractivity contribution in [3.63, 3.8) is 0 Å². The van der Waals surface area contributed by atoms with Gasteiger partial charge in [0.05, 0.1) is 5.71 Å².